The summed E-state index contributed by atoms with van der Waals surface area (Å²) in [5.74, 6) is 2.48. The lowest BCUT2D eigenvalue weighted by atomic mass is 10.3. The van der Waals surface area contributed by atoms with E-state index >= 15 is 0 Å². The molecule has 9 heavy (non-hydrogen) atoms. The van der Waals surface area contributed by atoms with Gasteiger partial charge in [-0.05, 0) is 31.6 Å². The summed E-state index contributed by atoms with van der Waals surface area (Å²) in [7, 11) is 0. The average Bonchev–Trinajstić information content (AvgIpc) is 1.83. The van der Waals surface area contributed by atoms with Crippen LogP contribution in [0.15, 0.2) is 23.4 Å². The highest BCUT2D eigenvalue weighted by atomic mass is 14.5. The van der Waals surface area contributed by atoms with Crippen LogP contribution in [0.5, 0.6) is 0 Å². The largest absolute Gasteiger partial charge is 0.402 e. The Balaban J connectivity index is 4.03. The van der Waals surface area contributed by atoms with Gasteiger partial charge in [0.25, 0.3) is 0 Å². The summed E-state index contributed by atoms with van der Waals surface area (Å²) in [5, 5.41) is 0. The first kappa shape index (κ1) is 7.84. The van der Waals surface area contributed by atoms with Crippen LogP contribution >= 0.6 is 0 Å². The van der Waals surface area contributed by atoms with Crippen molar-refractivity contribution in [3.63, 3.8) is 0 Å². The van der Waals surface area contributed by atoms with Gasteiger partial charge in [-0.1, -0.05) is 5.92 Å². The first-order chi connectivity index (χ1) is 4.16. The smallest absolute Gasteiger partial charge is 0.00491 e. The summed E-state index contributed by atoms with van der Waals surface area (Å²) in [6, 6.07) is 0. The summed E-state index contributed by atoms with van der Waals surface area (Å²) in [5.41, 5.74) is 7.00. The Bertz CT molecular complexity index is 175. The minimum absolute atomic E-state index is 0.768. The Kier molecular flexibility index (Phi) is 3.31. The molecular formula is C8H11N. The molecule has 0 aromatic heterocycles. The fourth-order valence-corrected chi connectivity index (χ4v) is 0.305. The van der Waals surface area contributed by atoms with E-state index in [0.717, 1.165) is 11.3 Å². The molecule has 0 heterocycles. The number of nitrogens with two attached hydrogens (primary N) is 1. The molecule has 0 aliphatic carbocycles. The first-order valence-electron chi connectivity index (χ1n) is 2.74. The Hall–Kier alpha value is -1.16. The van der Waals surface area contributed by atoms with Crippen molar-refractivity contribution >= 4 is 0 Å². The Labute approximate surface area is 56.3 Å². The lowest BCUT2D eigenvalue weighted by Gasteiger charge is -1.84. The molecule has 0 aliphatic heterocycles. The van der Waals surface area contributed by atoms with Crippen LogP contribution in [0.3, 0.4) is 0 Å². The quantitative estimate of drug-likeness (QED) is 0.412. The minimum Gasteiger partial charge on any atom is -0.402 e. The number of hydrogen-bond acceptors (Lipinski definition) is 1. The van der Waals surface area contributed by atoms with Crippen molar-refractivity contribution in [2.24, 2.45) is 5.73 Å². The number of hydrogen-bond donors (Lipinski definition) is 1. The van der Waals surface area contributed by atoms with Gasteiger partial charge in [-0.25, -0.2) is 0 Å². The Morgan fingerprint density at radius 2 is 2.00 bits per heavy atom. The standard InChI is InChI=1S/C8H11N/c1-4-7(2)5-6-8(3)9/h1,5-6H,9H2,2-3H3/b7-5-,8-6+. The van der Waals surface area contributed by atoms with Crippen molar-refractivity contribution in [1.29, 1.82) is 0 Å². The molecule has 0 atom stereocenters. The monoisotopic (exact) mass is 121 g/mol. The molecule has 0 bridgehead atoms. The Morgan fingerprint density at radius 3 is 2.33 bits per heavy atom. The fraction of sp³-hybridized carbons (Fsp3) is 0.250. The van der Waals surface area contributed by atoms with Crippen LogP contribution in [0.2, 0.25) is 0 Å². The van der Waals surface area contributed by atoms with Gasteiger partial charge in [0.2, 0.25) is 0 Å². The summed E-state index contributed by atoms with van der Waals surface area (Å²) in [4.78, 5) is 0. The second-order valence-electron chi connectivity index (χ2n) is 1.90. The summed E-state index contributed by atoms with van der Waals surface area (Å²) >= 11 is 0. The molecule has 0 aromatic carbocycles. The van der Waals surface area contributed by atoms with Gasteiger partial charge in [0, 0.05) is 5.70 Å². The average molecular weight is 121 g/mol. The van der Waals surface area contributed by atoms with Crippen LogP contribution in [0.25, 0.3) is 0 Å². The number of terminal acetylenes is 1. The maximum absolute atomic E-state index is 5.34. The molecule has 0 rings (SSSR count). The van der Waals surface area contributed by atoms with Crippen LogP contribution in [0.1, 0.15) is 13.8 Å². The molecule has 1 nitrogen and oxygen atoms in total. The molecule has 0 spiro atoms. The lowest BCUT2D eigenvalue weighted by molar-refractivity contribution is 1.31. The highest BCUT2D eigenvalue weighted by Crippen LogP contribution is 1.90. The first-order valence-corrected chi connectivity index (χ1v) is 2.74. The van der Waals surface area contributed by atoms with Crippen molar-refractivity contribution in [3.05, 3.63) is 23.4 Å². The van der Waals surface area contributed by atoms with Gasteiger partial charge in [0.15, 0.2) is 0 Å². The van der Waals surface area contributed by atoms with Crippen LogP contribution < -0.4 is 5.73 Å². The van der Waals surface area contributed by atoms with Crippen molar-refractivity contribution < 1.29 is 0 Å². The predicted octanol–water partition coefficient (Wildman–Crippen LogP) is 1.43. The molecular weight excluding hydrogens is 110 g/mol. The van der Waals surface area contributed by atoms with E-state index in [9.17, 15) is 0 Å². The molecule has 2 N–H and O–H groups in total. The zero-order valence-electron chi connectivity index (χ0n) is 5.81. The molecule has 0 unspecified atom stereocenters. The van der Waals surface area contributed by atoms with Crippen LogP contribution in [0.4, 0.5) is 0 Å². The molecule has 1 heteroatoms. The zero-order chi connectivity index (χ0) is 7.28. The third-order valence-corrected chi connectivity index (χ3v) is 0.824. The molecule has 0 amide bonds. The van der Waals surface area contributed by atoms with Crippen molar-refractivity contribution in [1.82, 2.24) is 0 Å². The molecule has 0 saturated carbocycles. The minimum atomic E-state index is 0.768. The highest BCUT2D eigenvalue weighted by molar-refractivity contribution is 5.27. The van der Waals surface area contributed by atoms with Crippen molar-refractivity contribution in [2.45, 2.75) is 13.8 Å². The van der Waals surface area contributed by atoms with E-state index in [2.05, 4.69) is 5.92 Å². The highest BCUT2D eigenvalue weighted by Gasteiger charge is 1.75. The SMILES string of the molecule is C#C/C(C)=C\C=C(/C)N. The topological polar surface area (TPSA) is 26.0 Å². The van der Waals surface area contributed by atoms with E-state index < -0.39 is 0 Å². The summed E-state index contributed by atoms with van der Waals surface area (Å²) < 4.78 is 0. The lowest BCUT2D eigenvalue weighted by Crippen LogP contribution is -1.87. The molecule has 48 valence electrons. The van der Waals surface area contributed by atoms with E-state index in [4.69, 9.17) is 12.2 Å². The van der Waals surface area contributed by atoms with Gasteiger partial charge in [0.05, 0.1) is 0 Å². The van der Waals surface area contributed by atoms with Crippen molar-refractivity contribution in [3.8, 4) is 12.3 Å². The molecule has 0 saturated heterocycles. The van der Waals surface area contributed by atoms with Gasteiger partial charge < -0.3 is 5.73 Å². The van der Waals surface area contributed by atoms with Crippen LogP contribution in [-0.2, 0) is 0 Å². The van der Waals surface area contributed by atoms with Gasteiger partial charge in [-0.3, -0.25) is 0 Å². The van der Waals surface area contributed by atoms with E-state index in [0.29, 0.717) is 0 Å². The summed E-state index contributed by atoms with van der Waals surface area (Å²) in [6.45, 7) is 3.68. The number of allylic oxidation sites excluding steroid dienone is 4. The predicted molar refractivity (Wildman–Crippen MR) is 40.5 cm³/mol. The summed E-state index contributed by atoms with van der Waals surface area (Å²) in [6.07, 6.45) is 8.67. The van der Waals surface area contributed by atoms with Crippen molar-refractivity contribution in [2.75, 3.05) is 0 Å². The third kappa shape index (κ3) is 4.70. The molecule has 0 fully saturated rings. The van der Waals surface area contributed by atoms with E-state index in [1.165, 1.54) is 0 Å². The molecule has 0 radical (unpaired) electrons. The molecule has 0 aliphatic rings. The third-order valence-electron chi connectivity index (χ3n) is 0.824. The van der Waals surface area contributed by atoms with Gasteiger partial charge in [-0.15, -0.1) is 6.42 Å². The maximum atomic E-state index is 5.34. The van der Waals surface area contributed by atoms with Gasteiger partial charge in [0.1, 0.15) is 0 Å². The fourth-order valence-electron chi connectivity index (χ4n) is 0.305. The van der Waals surface area contributed by atoms with E-state index in [1.54, 1.807) is 6.08 Å². The second-order valence-corrected chi connectivity index (χ2v) is 1.90. The van der Waals surface area contributed by atoms with E-state index in [1.807, 2.05) is 19.9 Å². The Morgan fingerprint density at radius 1 is 1.44 bits per heavy atom. The molecule has 0 aromatic rings. The normalized spacial score (nSPS) is 13.0. The van der Waals surface area contributed by atoms with Crippen LogP contribution in [0, 0.1) is 12.3 Å². The van der Waals surface area contributed by atoms with Crippen LogP contribution in [-0.4, -0.2) is 0 Å². The van der Waals surface area contributed by atoms with Gasteiger partial charge in [-0.2, -0.15) is 0 Å². The second kappa shape index (κ2) is 3.80. The maximum Gasteiger partial charge on any atom is 0.00491 e. The zero-order valence-corrected chi connectivity index (χ0v) is 5.81. The van der Waals surface area contributed by atoms with E-state index in [-0.39, 0.29) is 0 Å². The van der Waals surface area contributed by atoms with Gasteiger partial charge >= 0.3 is 0 Å². The number of rotatable bonds is 1.